The van der Waals surface area contributed by atoms with Crippen LogP contribution in [0.2, 0.25) is 0 Å². The van der Waals surface area contributed by atoms with Gasteiger partial charge in [0.25, 0.3) is 0 Å². The summed E-state index contributed by atoms with van der Waals surface area (Å²) >= 11 is 0. The second-order valence-corrected chi connectivity index (χ2v) is 6.09. The summed E-state index contributed by atoms with van der Waals surface area (Å²) in [5, 5.41) is 0. The van der Waals surface area contributed by atoms with E-state index in [9.17, 15) is 12.8 Å². The zero-order valence-corrected chi connectivity index (χ0v) is 12.2. The van der Waals surface area contributed by atoms with E-state index in [0.29, 0.717) is 0 Å². The summed E-state index contributed by atoms with van der Waals surface area (Å²) in [6, 6.07) is 10.1. The Morgan fingerprint density at radius 2 is 2.00 bits per heavy atom. The summed E-state index contributed by atoms with van der Waals surface area (Å²) in [6.45, 7) is 0.0410. The van der Waals surface area contributed by atoms with Crippen LogP contribution in [0.5, 0.6) is 0 Å². The molecule has 0 bridgehead atoms. The molecular formula is C14H15FN2O3S. The number of methoxy groups -OCH3 is 1. The van der Waals surface area contributed by atoms with Gasteiger partial charge < -0.3 is 4.74 Å². The molecule has 112 valence electrons. The quantitative estimate of drug-likeness (QED) is 0.884. The lowest BCUT2D eigenvalue weighted by Gasteiger charge is -2.16. The highest BCUT2D eigenvalue weighted by Gasteiger charge is 2.18. The lowest BCUT2D eigenvalue weighted by molar-refractivity contribution is 0.107. The standard InChI is InChI=1S/C14H15FN2O3S/c1-20-14(11-5-3-2-4-6-11)10-17-21(18,19)13-7-12(15)8-16-9-13/h2-9,14,17H,10H2,1H3. The van der Waals surface area contributed by atoms with Crippen molar-refractivity contribution in [3.63, 3.8) is 0 Å². The van der Waals surface area contributed by atoms with Crippen molar-refractivity contribution in [3.05, 3.63) is 60.2 Å². The highest BCUT2D eigenvalue weighted by Crippen LogP contribution is 2.16. The molecule has 1 unspecified atom stereocenters. The molecule has 1 atom stereocenters. The number of halogens is 1. The molecule has 0 aliphatic carbocycles. The summed E-state index contributed by atoms with van der Waals surface area (Å²) in [5.74, 6) is -0.704. The van der Waals surface area contributed by atoms with Crippen molar-refractivity contribution in [1.82, 2.24) is 9.71 Å². The molecule has 0 saturated heterocycles. The number of ether oxygens (including phenoxy) is 1. The Balaban J connectivity index is 2.11. The lowest BCUT2D eigenvalue weighted by atomic mass is 10.1. The topological polar surface area (TPSA) is 68.3 Å². The molecule has 1 aromatic heterocycles. The summed E-state index contributed by atoms with van der Waals surface area (Å²) in [4.78, 5) is 3.31. The molecule has 0 aliphatic rings. The molecule has 7 heteroatoms. The van der Waals surface area contributed by atoms with E-state index < -0.39 is 21.9 Å². The molecule has 2 rings (SSSR count). The monoisotopic (exact) mass is 310 g/mol. The molecule has 0 aliphatic heterocycles. The van der Waals surface area contributed by atoms with Crippen molar-refractivity contribution in [3.8, 4) is 0 Å². The van der Waals surface area contributed by atoms with Crippen LogP contribution in [0.4, 0.5) is 4.39 Å². The minimum atomic E-state index is -3.83. The molecule has 1 N–H and O–H groups in total. The van der Waals surface area contributed by atoms with E-state index in [2.05, 4.69) is 9.71 Å². The smallest absolute Gasteiger partial charge is 0.242 e. The molecule has 0 amide bonds. The maximum absolute atomic E-state index is 13.0. The van der Waals surface area contributed by atoms with E-state index in [-0.39, 0.29) is 11.4 Å². The third-order valence-corrected chi connectivity index (χ3v) is 4.30. The number of nitrogens with one attached hydrogen (secondary N) is 1. The van der Waals surface area contributed by atoms with Crippen LogP contribution in [-0.2, 0) is 14.8 Å². The molecular weight excluding hydrogens is 295 g/mol. The van der Waals surface area contributed by atoms with Crippen molar-refractivity contribution in [2.75, 3.05) is 13.7 Å². The second kappa shape index (κ2) is 6.75. The normalized spacial score (nSPS) is 13.0. The number of nitrogens with zero attached hydrogens (tertiary/aromatic N) is 1. The van der Waals surface area contributed by atoms with Gasteiger partial charge in [-0.05, 0) is 11.6 Å². The predicted molar refractivity (Wildman–Crippen MR) is 75.6 cm³/mol. The summed E-state index contributed by atoms with van der Waals surface area (Å²) in [6.07, 6.45) is 1.61. The highest BCUT2D eigenvalue weighted by atomic mass is 32.2. The number of pyridine rings is 1. The van der Waals surface area contributed by atoms with Gasteiger partial charge in [0.1, 0.15) is 10.7 Å². The molecule has 21 heavy (non-hydrogen) atoms. The van der Waals surface area contributed by atoms with E-state index in [4.69, 9.17) is 4.74 Å². The third-order valence-electron chi connectivity index (χ3n) is 2.90. The van der Waals surface area contributed by atoms with Gasteiger partial charge in [0.15, 0.2) is 0 Å². The number of benzene rings is 1. The molecule has 0 spiro atoms. The fourth-order valence-corrected chi connectivity index (χ4v) is 2.82. The number of aromatic nitrogens is 1. The average Bonchev–Trinajstić information content (AvgIpc) is 2.49. The van der Waals surface area contributed by atoms with Crippen molar-refractivity contribution in [1.29, 1.82) is 0 Å². The number of sulfonamides is 1. The average molecular weight is 310 g/mol. The molecule has 0 saturated carbocycles. The van der Waals surface area contributed by atoms with Gasteiger partial charge in [-0.2, -0.15) is 0 Å². The van der Waals surface area contributed by atoms with E-state index >= 15 is 0 Å². The van der Waals surface area contributed by atoms with Crippen LogP contribution in [0.15, 0.2) is 53.7 Å². The lowest BCUT2D eigenvalue weighted by Crippen LogP contribution is -2.29. The van der Waals surface area contributed by atoms with Gasteiger partial charge in [-0.15, -0.1) is 0 Å². The summed E-state index contributed by atoms with van der Waals surface area (Å²) in [7, 11) is -2.33. The highest BCUT2D eigenvalue weighted by molar-refractivity contribution is 7.89. The van der Waals surface area contributed by atoms with Crippen LogP contribution in [0.1, 0.15) is 11.7 Å². The van der Waals surface area contributed by atoms with Crippen LogP contribution in [-0.4, -0.2) is 27.1 Å². The van der Waals surface area contributed by atoms with Crippen LogP contribution in [0, 0.1) is 5.82 Å². The molecule has 5 nitrogen and oxygen atoms in total. The van der Waals surface area contributed by atoms with Gasteiger partial charge in [0.2, 0.25) is 10.0 Å². The Morgan fingerprint density at radius 1 is 1.29 bits per heavy atom. The first-order valence-corrected chi connectivity index (χ1v) is 7.69. The molecule has 0 radical (unpaired) electrons. The first-order valence-electron chi connectivity index (χ1n) is 6.21. The zero-order valence-electron chi connectivity index (χ0n) is 11.4. The van der Waals surface area contributed by atoms with E-state index in [1.54, 1.807) is 0 Å². The Labute approximate surface area is 122 Å². The summed E-state index contributed by atoms with van der Waals surface area (Å²) in [5.41, 5.74) is 0.847. The number of rotatable bonds is 6. The fraction of sp³-hybridized carbons (Fsp3) is 0.214. The van der Waals surface area contributed by atoms with Crippen LogP contribution >= 0.6 is 0 Å². The van der Waals surface area contributed by atoms with Crippen molar-refractivity contribution in [2.24, 2.45) is 0 Å². The number of hydrogen-bond acceptors (Lipinski definition) is 4. The maximum atomic E-state index is 13.0. The first-order chi connectivity index (χ1) is 10.0. The molecule has 1 aromatic carbocycles. The van der Waals surface area contributed by atoms with Crippen molar-refractivity contribution in [2.45, 2.75) is 11.0 Å². The number of hydrogen-bond donors (Lipinski definition) is 1. The minimum absolute atomic E-state index is 0.0410. The Morgan fingerprint density at radius 3 is 2.62 bits per heavy atom. The third kappa shape index (κ3) is 4.07. The van der Waals surface area contributed by atoms with E-state index in [0.717, 1.165) is 24.0 Å². The SMILES string of the molecule is COC(CNS(=O)(=O)c1cncc(F)c1)c1ccccc1. The predicted octanol–water partition coefficient (Wildman–Crippen LogP) is 1.89. The largest absolute Gasteiger partial charge is 0.375 e. The molecule has 2 aromatic rings. The maximum Gasteiger partial charge on any atom is 0.242 e. The van der Waals surface area contributed by atoms with Gasteiger partial charge in [0.05, 0.1) is 12.3 Å². The minimum Gasteiger partial charge on any atom is -0.375 e. The summed E-state index contributed by atoms with van der Waals surface area (Å²) < 4.78 is 44.8. The Kier molecular flexibility index (Phi) is 5.00. The first kappa shape index (κ1) is 15.6. The van der Waals surface area contributed by atoms with Crippen LogP contribution in [0.3, 0.4) is 0 Å². The Hall–Kier alpha value is -1.83. The van der Waals surface area contributed by atoms with E-state index in [1.807, 2.05) is 30.3 Å². The molecule has 0 fully saturated rings. The Bertz CT molecular complexity index is 692. The van der Waals surface area contributed by atoms with Gasteiger partial charge >= 0.3 is 0 Å². The molecule has 1 heterocycles. The van der Waals surface area contributed by atoms with Crippen LogP contribution in [0.25, 0.3) is 0 Å². The van der Waals surface area contributed by atoms with Gasteiger partial charge in [-0.3, -0.25) is 4.98 Å². The van der Waals surface area contributed by atoms with Crippen molar-refractivity contribution >= 4 is 10.0 Å². The zero-order chi connectivity index (χ0) is 15.3. The van der Waals surface area contributed by atoms with Crippen molar-refractivity contribution < 1.29 is 17.5 Å². The van der Waals surface area contributed by atoms with Gasteiger partial charge in [-0.25, -0.2) is 17.5 Å². The van der Waals surface area contributed by atoms with Gasteiger partial charge in [0, 0.05) is 19.9 Å². The van der Waals surface area contributed by atoms with Gasteiger partial charge in [-0.1, -0.05) is 30.3 Å². The second-order valence-electron chi connectivity index (χ2n) is 4.33. The van der Waals surface area contributed by atoms with Crippen LogP contribution < -0.4 is 4.72 Å². The fourth-order valence-electron chi connectivity index (χ4n) is 1.81. The van der Waals surface area contributed by atoms with E-state index in [1.165, 1.54) is 7.11 Å².